The lowest BCUT2D eigenvalue weighted by Crippen LogP contribution is -2.48. The first-order valence-corrected chi connectivity index (χ1v) is 8.40. The minimum Gasteiger partial charge on any atom is -0.314 e. The van der Waals surface area contributed by atoms with Crippen LogP contribution in [-0.4, -0.2) is 30.1 Å². The lowest BCUT2D eigenvalue weighted by atomic mass is 9.94. The van der Waals surface area contributed by atoms with Crippen molar-refractivity contribution in [2.24, 2.45) is 0 Å². The standard InChI is InChI=1S/C16H28N2S/c1-6-17-15-7-8-18(11(2)9-15)13(4)16-10-12(3)19-14(16)5/h10-11,13,15,17H,6-9H2,1-5H3. The molecule has 3 atom stereocenters. The highest BCUT2D eigenvalue weighted by molar-refractivity contribution is 7.12. The third kappa shape index (κ3) is 3.39. The Balaban J connectivity index is 2.04. The van der Waals surface area contributed by atoms with Gasteiger partial charge in [-0.05, 0) is 58.7 Å². The molecule has 2 rings (SSSR count). The Hall–Kier alpha value is -0.380. The molecule has 0 radical (unpaired) electrons. The van der Waals surface area contributed by atoms with Crippen molar-refractivity contribution in [3.63, 3.8) is 0 Å². The van der Waals surface area contributed by atoms with Crippen LogP contribution in [0.4, 0.5) is 0 Å². The molecule has 0 spiro atoms. The Bertz CT molecular complexity index is 413. The molecule has 1 N–H and O–H groups in total. The van der Waals surface area contributed by atoms with Gasteiger partial charge in [-0.25, -0.2) is 0 Å². The second-order valence-corrected chi connectivity index (χ2v) is 7.37. The molecule has 1 aromatic heterocycles. The summed E-state index contributed by atoms with van der Waals surface area (Å²) in [6, 6.07) is 4.33. The van der Waals surface area contributed by atoms with Gasteiger partial charge in [0, 0.05) is 34.4 Å². The molecule has 2 heterocycles. The molecule has 0 bridgehead atoms. The molecule has 1 aromatic rings. The number of likely N-dealkylation sites (tertiary alicyclic amines) is 1. The van der Waals surface area contributed by atoms with Crippen LogP contribution < -0.4 is 5.32 Å². The number of thiophene rings is 1. The Morgan fingerprint density at radius 2 is 2.21 bits per heavy atom. The van der Waals surface area contributed by atoms with E-state index in [0.717, 1.165) is 6.54 Å². The summed E-state index contributed by atoms with van der Waals surface area (Å²) >= 11 is 1.93. The monoisotopic (exact) mass is 280 g/mol. The summed E-state index contributed by atoms with van der Waals surface area (Å²) in [6.07, 6.45) is 2.56. The minimum atomic E-state index is 0.558. The van der Waals surface area contributed by atoms with Crippen molar-refractivity contribution in [3.8, 4) is 0 Å². The van der Waals surface area contributed by atoms with Crippen molar-refractivity contribution >= 4 is 11.3 Å². The van der Waals surface area contributed by atoms with E-state index < -0.39 is 0 Å². The highest BCUT2D eigenvalue weighted by Gasteiger charge is 2.29. The summed E-state index contributed by atoms with van der Waals surface area (Å²) in [7, 11) is 0. The van der Waals surface area contributed by atoms with Crippen LogP contribution in [0.1, 0.15) is 55.0 Å². The lowest BCUT2D eigenvalue weighted by molar-refractivity contribution is 0.0959. The summed E-state index contributed by atoms with van der Waals surface area (Å²) in [4.78, 5) is 5.61. The SMILES string of the molecule is CCNC1CCN(C(C)c2cc(C)sc2C)C(C)C1. The maximum Gasteiger partial charge on any atom is 0.0333 e. The summed E-state index contributed by atoms with van der Waals surface area (Å²) in [5.74, 6) is 0. The Morgan fingerprint density at radius 3 is 2.74 bits per heavy atom. The quantitative estimate of drug-likeness (QED) is 0.900. The Labute approximate surface area is 122 Å². The molecule has 1 aliphatic rings. The second-order valence-electron chi connectivity index (χ2n) is 5.91. The van der Waals surface area contributed by atoms with Gasteiger partial charge in [-0.3, -0.25) is 4.90 Å². The molecule has 0 amide bonds. The smallest absolute Gasteiger partial charge is 0.0333 e. The molecule has 1 aliphatic heterocycles. The largest absolute Gasteiger partial charge is 0.314 e. The third-order valence-electron chi connectivity index (χ3n) is 4.45. The number of hydrogen-bond donors (Lipinski definition) is 1. The molecule has 3 unspecified atom stereocenters. The number of nitrogens with zero attached hydrogens (tertiary/aromatic N) is 1. The molecule has 2 nitrogen and oxygen atoms in total. The highest BCUT2D eigenvalue weighted by Crippen LogP contribution is 2.33. The summed E-state index contributed by atoms with van der Waals surface area (Å²) in [5.41, 5.74) is 1.54. The summed E-state index contributed by atoms with van der Waals surface area (Å²) < 4.78 is 0. The zero-order valence-corrected chi connectivity index (χ0v) is 13.8. The van der Waals surface area contributed by atoms with E-state index >= 15 is 0 Å². The lowest BCUT2D eigenvalue weighted by Gasteiger charge is -2.41. The van der Waals surface area contributed by atoms with E-state index in [-0.39, 0.29) is 0 Å². The van der Waals surface area contributed by atoms with Crippen LogP contribution in [0.5, 0.6) is 0 Å². The van der Waals surface area contributed by atoms with E-state index in [2.05, 4.69) is 50.9 Å². The van der Waals surface area contributed by atoms with Gasteiger partial charge in [0.2, 0.25) is 0 Å². The third-order valence-corrected chi connectivity index (χ3v) is 5.43. The van der Waals surface area contributed by atoms with Crippen LogP contribution in [0.25, 0.3) is 0 Å². The van der Waals surface area contributed by atoms with E-state index in [1.165, 1.54) is 34.7 Å². The predicted molar refractivity (Wildman–Crippen MR) is 85.1 cm³/mol. The van der Waals surface area contributed by atoms with E-state index in [0.29, 0.717) is 18.1 Å². The second kappa shape index (κ2) is 6.38. The Morgan fingerprint density at radius 1 is 1.47 bits per heavy atom. The summed E-state index contributed by atoms with van der Waals surface area (Å²) in [6.45, 7) is 13.8. The molecular formula is C16H28N2S. The van der Waals surface area contributed by atoms with Crippen molar-refractivity contribution in [1.29, 1.82) is 0 Å². The average molecular weight is 280 g/mol. The van der Waals surface area contributed by atoms with Gasteiger partial charge in [0.15, 0.2) is 0 Å². The van der Waals surface area contributed by atoms with E-state index in [1.807, 2.05) is 11.3 Å². The number of aryl methyl sites for hydroxylation is 2. The highest BCUT2D eigenvalue weighted by atomic mass is 32.1. The van der Waals surface area contributed by atoms with Gasteiger partial charge in [0.1, 0.15) is 0 Å². The molecule has 108 valence electrons. The van der Waals surface area contributed by atoms with Crippen LogP contribution in [0.2, 0.25) is 0 Å². The van der Waals surface area contributed by atoms with Crippen molar-refractivity contribution < 1.29 is 0 Å². The molecule has 1 saturated heterocycles. The van der Waals surface area contributed by atoms with E-state index in [4.69, 9.17) is 0 Å². The molecule has 1 fully saturated rings. The Kier molecular flexibility index (Phi) is 5.04. The van der Waals surface area contributed by atoms with Crippen LogP contribution >= 0.6 is 11.3 Å². The van der Waals surface area contributed by atoms with Crippen LogP contribution in [0.15, 0.2) is 6.07 Å². The van der Waals surface area contributed by atoms with Gasteiger partial charge < -0.3 is 5.32 Å². The van der Waals surface area contributed by atoms with Gasteiger partial charge in [0.05, 0.1) is 0 Å². The first kappa shape index (κ1) is 15.0. The number of nitrogens with one attached hydrogen (secondary N) is 1. The number of piperidine rings is 1. The molecule has 19 heavy (non-hydrogen) atoms. The molecule has 0 aliphatic carbocycles. The van der Waals surface area contributed by atoms with Crippen LogP contribution in [0, 0.1) is 13.8 Å². The fraction of sp³-hybridized carbons (Fsp3) is 0.750. The fourth-order valence-electron chi connectivity index (χ4n) is 3.48. The van der Waals surface area contributed by atoms with Crippen molar-refractivity contribution in [2.75, 3.05) is 13.1 Å². The predicted octanol–water partition coefficient (Wildman–Crippen LogP) is 3.89. The summed E-state index contributed by atoms with van der Waals surface area (Å²) in [5, 5.41) is 3.61. The minimum absolute atomic E-state index is 0.558. The van der Waals surface area contributed by atoms with Gasteiger partial charge >= 0.3 is 0 Å². The molecular weight excluding hydrogens is 252 g/mol. The van der Waals surface area contributed by atoms with Crippen LogP contribution in [-0.2, 0) is 0 Å². The van der Waals surface area contributed by atoms with Crippen LogP contribution in [0.3, 0.4) is 0 Å². The normalized spacial score (nSPS) is 26.6. The fourth-order valence-corrected chi connectivity index (χ4v) is 4.50. The molecule has 0 aromatic carbocycles. The van der Waals surface area contributed by atoms with E-state index in [1.54, 1.807) is 0 Å². The maximum absolute atomic E-state index is 3.61. The van der Waals surface area contributed by atoms with Gasteiger partial charge in [-0.15, -0.1) is 11.3 Å². The first-order valence-electron chi connectivity index (χ1n) is 7.59. The van der Waals surface area contributed by atoms with Crippen molar-refractivity contribution in [2.45, 2.75) is 65.6 Å². The van der Waals surface area contributed by atoms with Gasteiger partial charge in [0.25, 0.3) is 0 Å². The van der Waals surface area contributed by atoms with Crippen molar-refractivity contribution in [1.82, 2.24) is 10.2 Å². The zero-order valence-electron chi connectivity index (χ0n) is 13.0. The number of hydrogen-bond acceptors (Lipinski definition) is 3. The molecule has 3 heteroatoms. The molecule has 0 saturated carbocycles. The van der Waals surface area contributed by atoms with E-state index in [9.17, 15) is 0 Å². The maximum atomic E-state index is 3.61. The average Bonchev–Trinajstić information content (AvgIpc) is 2.68. The first-order chi connectivity index (χ1) is 9.02. The zero-order chi connectivity index (χ0) is 14.0. The van der Waals surface area contributed by atoms with Gasteiger partial charge in [-0.2, -0.15) is 0 Å². The van der Waals surface area contributed by atoms with Crippen molar-refractivity contribution in [3.05, 3.63) is 21.4 Å². The topological polar surface area (TPSA) is 15.3 Å². The number of rotatable bonds is 4. The van der Waals surface area contributed by atoms with Gasteiger partial charge in [-0.1, -0.05) is 6.92 Å².